The third-order valence-electron chi connectivity index (χ3n) is 7.93. The highest BCUT2D eigenvalue weighted by atomic mass is 32.1. The van der Waals surface area contributed by atoms with Gasteiger partial charge in [-0.2, -0.15) is 0 Å². The third kappa shape index (κ3) is 6.01. The Morgan fingerprint density at radius 1 is 1.05 bits per heavy atom. The van der Waals surface area contributed by atoms with Gasteiger partial charge >= 0.3 is 0 Å². The van der Waals surface area contributed by atoms with Crippen molar-refractivity contribution in [2.75, 3.05) is 29.9 Å². The summed E-state index contributed by atoms with van der Waals surface area (Å²) in [4.78, 5) is 21.9. The van der Waals surface area contributed by atoms with Gasteiger partial charge in [0, 0.05) is 60.7 Å². The number of amides is 1. The number of benzene rings is 2. The Hall–Kier alpha value is -4.24. The molecule has 2 atom stereocenters. The molecule has 1 aliphatic rings. The topological polar surface area (TPSA) is 65.4 Å². The highest BCUT2D eigenvalue weighted by molar-refractivity contribution is 7.80. The highest BCUT2D eigenvalue weighted by Crippen LogP contribution is 2.41. The smallest absolute Gasteiger partial charge is 0.226 e. The van der Waals surface area contributed by atoms with Gasteiger partial charge in [0.15, 0.2) is 5.11 Å². The molecule has 3 heterocycles. The number of anilines is 2. The van der Waals surface area contributed by atoms with Gasteiger partial charge < -0.3 is 25.0 Å². The Labute approximate surface area is 252 Å². The van der Waals surface area contributed by atoms with Gasteiger partial charge in [-0.05, 0) is 112 Å². The standard InChI is InChI=1S/C33H37FN6OS/c1-5-38(6-2)26-14-16-27(17-15-26)40-22(3)21-28(23(40)4)32-31(29-9-7-8-19-35-29)37-33(42)39(32)20-18-30(41)36-25-12-10-24(34)11-13-25/h7-17,19,21,31-32H,5-6,18,20H2,1-4H3,(H,36,41)(H,37,42)/t31-,32-/m0/s1. The van der Waals surface area contributed by atoms with Crippen molar-refractivity contribution >= 4 is 34.6 Å². The number of aromatic nitrogens is 2. The van der Waals surface area contributed by atoms with Gasteiger partial charge in [0.2, 0.25) is 5.91 Å². The maximum absolute atomic E-state index is 13.3. The molecule has 42 heavy (non-hydrogen) atoms. The molecule has 7 nitrogen and oxygen atoms in total. The van der Waals surface area contributed by atoms with E-state index in [4.69, 9.17) is 12.2 Å². The number of aryl methyl sites for hydroxylation is 1. The molecule has 0 saturated carbocycles. The van der Waals surface area contributed by atoms with Gasteiger partial charge in [0.25, 0.3) is 0 Å². The molecule has 1 amide bonds. The molecule has 9 heteroatoms. The molecule has 2 aromatic heterocycles. The summed E-state index contributed by atoms with van der Waals surface area (Å²) >= 11 is 5.83. The second-order valence-electron chi connectivity index (χ2n) is 10.5. The monoisotopic (exact) mass is 584 g/mol. The molecule has 4 aromatic rings. The molecule has 1 saturated heterocycles. The second kappa shape index (κ2) is 12.7. The molecule has 5 rings (SSSR count). The zero-order chi connectivity index (χ0) is 29.8. The van der Waals surface area contributed by atoms with Gasteiger partial charge in [0.1, 0.15) is 5.82 Å². The largest absolute Gasteiger partial charge is 0.372 e. The van der Waals surface area contributed by atoms with E-state index in [2.05, 4.69) is 88.0 Å². The van der Waals surface area contributed by atoms with E-state index in [0.29, 0.717) is 17.3 Å². The molecule has 0 bridgehead atoms. The first kappa shape index (κ1) is 29.3. The lowest BCUT2D eigenvalue weighted by atomic mass is 9.96. The maximum Gasteiger partial charge on any atom is 0.226 e. The first-order valence-corrected chi connectivity index (χ1v) is 14.8. The van der Waals surface area contributed by atoms with Crippen molar-refractivity contribution in [1.29, 1.82) is 0 Å². The molecule has 1 fully saturated rings. The van der Waals surface area contributed by atoms with E-state index < -0.39 is 0 Å². The minimum atomic E-state index is -0.345. The van der Waals surface area contributed by atoms with E-state index in [0.717, 1.165) is 41.4 Å². The number of hydrogen-bond acceptors (Lipinski definition) is 4. The van der Waals surface area contributed by atoms with E-state index >= 15 is 0 Å². The molecule has 0 unspecified atom stereocenters. The van der Waals surface area contributed by atoms with E-state index in [1.165, 1.54) is 17.8 Å². The van der Waals surface area contributed by atoms with Gasteiger partial charge in [-0.15, -0.1) is 0 Å². The minimum Gasteiger partial charge on any atom is -0.372 e. The Morgan fingerprint density at radius 3 is 2.40 bits per heavy atom. The number of nitrogens with zero attached hydrogens (tertiary/aromatic N) is 4. The minimum absolute atomic E-state index is 0.164. The van der Waals surface area contributed by atoms with Gasteiger partial charge in [0.05, 0.1) is 17.8 Å². The van der Waals surface area contributed by atoms with Crippen molar-refractivity contribution in [2.45, 2.75) is 46.2 Å². The SMILES string of the molecule is CCN(CC)c1ccc(-n2c(C)cc([C@H]3[C@H](c4ccccn4)NC(=S)N3CCC(=O)Nc3ccc(F)cc3)c2C)cc1. The summed E-state index contributed by atoms with van der Waals surface area (Å²) in [7, 11) is 0. The van der Waals surface area contributed by atoms with Crippen molar-refractivity contribution in [2.24, 2.45) is 0 Å². The number of carbonyl (C=O) groups is 1. The molecule has 0 radical (unpaired) electrons. The van der Waals surface area contributed by atoms with Crippen molar-refractivity contribution in [1.82, 2.24) is 19.8 Å². The predicted octanol–water partition coefficient (Wildman–Crippen LogP) is 6.48. The normalized spacial score (nSPS) is 16.4. The lowest BCUT2D eigenvalue weighted by Crippen LogP contribution is -2.32. The van der Waals surface area contributed by atoms with Crippen LogP contribution in [0.25, 0.3) is 5.69 Å². The van der Waals surface area contributed by atoms with E-state index in [1.54, 1.807) is 18.3 Å². The number of rotatable bonds is 10. The molecule has 1 aliphatic heterocycles. The van der Waals surface area contributed by atoms with Crippen molar-refractivity contribution in [3.8, 4) is 5.69 Å². The summed E-state index contributed by atoms with van der Waals surface area (Å²) in [6.45, 7) is 10.9. The quantitative estimate of drug-likeness (QED) is 0.208. The molecular weight excluding hydrogens is 547 g/mol. The molecule has 2 N–H and O–H groups in total. The Kier molecular flexibility index (Phi) is 8.87. The number of thiocarbonyl (C=S) groups is 1. The van der Waals surface area contributed by atoms with Crippen molar-refractivity contribution < 1.29 is 9.18 Å². The van der Waals surface area contributed by atoms with Crippen molar-refractivity contribution in [3.05, 3.63) is 107 Å². The summed E-state index contributed by atoms with van der Waals surface area (Å²) in [6.07, 6.45) is 2.01. The molecule has 2 aromatic carbocycles. The van der Waals surface area contributed by atoms with Gasteiger partial charge in [-0.1, -0.05) is 6.07 Å². The fraction of sp³-hybridized carbons (Fsp3) is 0.303. The van der Waals surface area contributed by atoms with Crippen LogP contribution in [0.5, 0.6) is 0 Å². The van der Waals surface area contributed by atoms with E-state index in [1.807, 2.05) is 18.2 Å². The number of halogens is 1. The fourth-order valence-electron chi connectivity index (χ4n) is 5.85. The molecular formula is C33H37FN6OS. The number of nitrogens with one attached hydrogen (secondary N) is 2. The first-order valence-electron chi connectivity index (χ1n) is 14.4. The molecule has 0 spiro atoms. The lowest BCUT2D eigenvalue weighted by molar-refractivity contribution is -0.116. The summed E-state index contributed by atoms with van der Waals surface area (Å²) in [5, 5.41) is 6.92. The van der Waals surface area contributed by atoms with Crippen LogP contribution in [0.4, 0.5) is 15.8 Å². The average Bonchev–Trinajstić information content (AvgIpc) is 3.48. The number of carbonyl (C=O) groups excluding carboxylic acids is 1. The van der Waals surface area contributed by atoms with Crippen LogP contribution in [0, 0.1) is 19.7 Å². The number of pyridine rings is 1. The van der Waals surface area contributed by atoms with Gasteiger partial charge in [-0.3, -0.25) is 9.78 Å². The highest BCUT2D eigenvalue weighted by Gasteiger charge is 2.41. The first-order chi connectivity index (χ1) is 20.3. The molecule has 218 valence electrons. The summed E-state index contributed by atoms with van der Waals surface area (Å²) in [6, 6.07) is 22.2. The maximum atomic E-state index is 13.3. The lowest BCUT2D eigenvalue weighted by Gasteiger charge is -2.28. The summed E-state index contributed by atoms with van der Waals surface area (Å²) in [5.74, 6) is -0.509. The average molecular weight is 585 g/mol. The van der Waals surface area contributed by atoms with Crippen LogP contribution < -0.4 is 15.5 Å². The third-order valence-corrected chi connectivity index (χ3v) is 8.28. The van der Waals surface area contributed by atoms with Crippen LogP contribution in [-0.2, 0) is 4.79 Å². The predicted molar refractivity (Wildman–Crippen MR) is 171 cm³/mol. The van der Waals surface area contributed by atoms with Crippen molar-refractivity contribution in [3.63, 3.8) is 0 Å². The van der Waals surface area contributed by atoms with E-state index in [-0.39, 0.29) is 30.2 Å². The Morgan fingerprint density at radius 2 is 1.76 bits per heavy atom. The molecule has 0 aliphatic carbocycles. The van der Waals surface area contributed by atoms with Crippen LogP contribution in [0.3, 0.4) is 0 Å². The van der Waals surface area contributed by atoms with Gasteiger partial charge in [-0.25, -0.2) is 4.39 Å². The van der Waals surface area contributed by atoms with E-state index in [9.17, 15) is 9.18 Å². The fourth-order valence-corrected chi connectivity index (χ4v) is 6.18. The van der Waals surface area contributed by atoms with Crippen LogP contribution in [-0.4, -0.2) is 45.1 Å². The Bertz CT molecular complexity index is 1530. The zero-order valence-electron chi connectivity index (χ0n) is 24.5. The summed E-state index contributed by atoms with van der Waals surface area (Å²) in [5.41, 5.74) is 7.10. The Balaban J connectivity index is 1.45. The second-order valence-corrected chi connectivity index (χ2v) is 10.9. The summed E-state index contributed by atoms with van der Waals surface area (Å²) < 4.78 is 15.6. The van der Waals surface area contributed by atoms with Crippen LogP contribution >= 0.6 is 12.2 Å². The zero-order valence-corrected chi connectivity index (χ0v) is 25.3. The van der Waals surface area contributed by atoms with Crippen LogP contribution in [0.2, 0.25) is 0 Å². The van der Waals surface area contributed by atoms with Crippen LogP contribution in [0.1, 0.15) is 55.0 Å². The van der Waals surface area contributed by atoms with Crippen LogP contribution in [0.15, 0.2) is 79.0 Å². The number of hydrogen-bond donors (Lipinski definition) is 2.